The van der Waals surface area contributed by atoms with Gasteiger partial charge in [0.05, 0.1) is 23.7 Å². The molecule has 0 aliphatic heterocycles. The van der Waals surface area contributed by atoms with Crippen LogP contribution in [0.1, 0.15) is 40.0 Å². The molecule has 0 fully saturated rings. The van der Waals surface area contributed by atoms with Gasteiger partial charge < -0.3 is 10.6 Å². The zero-order chi connectivity index (χ0) is 19.9. The van der Waals surface area contributed by atoms with E-state index in [1.807, 2.05) is 68.4 Å². The number of carbonyl (C=O) groups is 2. The quantitative estimate of drug-likeness (QED) is 0.661. The molecule has 2 N–H and O–H groups in total. The highest BCUT2D eigenvalue weighted by atomic mass is 16.2. The zero-order valence-corrected chi connectivity index (χ0v) is 16.1. The van der Waals surface area contributed by atoms with Gasteiger partial charge in [-0.3, -0.25) is 9.59 Å². The molecule has 2 amide bonds. The third-order valence-corrected chi connectivity index (χ3v) is 4.58. The molecule has 0 radical (unpaired) electrons. The summed E-state index contributed by atoms with van der Waals surface area (Å²) in [4.78, 5) is 25.2. The number of para-hydroxylation sites is 1. The number of benzene rings is 3. The number of anilines is 1. The Balaban J connectivity index is 1.69. The molecule has 0 aliphatic carbocycles. The smallest absolute Gasteiger partial charge is 0.253 e. The summed E-state index contributed by atoms with van der Waals surface area (Å²) < 4.78 is 0. The van der Waals surface area contributed by atoms with E-state index in [4.69, 9.17) is 0 Å². The number of hydrogen-bond acceptors (Lipinski definition) is 2. The van der Waals surface area contributed by atoms with Crippen LogP contribution in [0, 0.1) is 6.92 Å². The Kier molecular flexibility index (Phi) is 6.22. The average molecular weight is 372 g/mol. The van der Waals surface area contributed by atoms with Gasteiger partial charge in [-0.1, -0.05) is 72.3 Å². The maximum atomic E-state index is 12.8. The Morgan fingerprint density at radius 3 is 2.21 bits per heavy atom. The second-order valence-electron chi connectivity index (χ2n) is 6.86. The van der Waals surface area contributed by atoms with Crippen molar-refractivity contribution in [1.82, 2.24) is 5.32 Å². The van der Waals surface area contributed by atoms with Gasteiger partial charge >= 0.3 is 0 Å². The van der Waals surface area contributed by atoms with Crippen LogP contribution in [0.5, 0.6) is 0 Å². The van der Waals surface area contributed by atoms with Crippen LogP contribution in [0.15, 0.2) is 78.9 Å². The standard InChI is InChI=1S/C24H24N2O2/c1-17-12-14-19(15-13-17)16-23(27)26-22-11-7-6-10-21(22)24(28)25-18(2)20-8-4-3-5-9-20/h3-15,18H,16H2,1-2H3,(H,25,28)(H,26,27)/t18-/m0/s1. The van der Waals surface area contributed by atoms with Crippen molar-refractivity contribution in [2.24, 2.45) is 0 Å². The van der Waals surface area contributed by atoms with Crippen LogP contribution in [0.2, 0.25) is 0 Å². The Hall–Kier alpha value is -3.40. The second-order valence-corrected chi connectivity index (χ2v) is 6.86. The van der Waals surface area contributed by atoms with Gasteiger partial charge in [-0.25, -0.2) is 0 Å². The van der Waals surface area contributed by atoms with Crippen molar-refractivity contribution in [3.8, 4) is 0 Å². The molecule has 0 heterocycles. The van der Waals surface area contributed by atoms with Gasteiger partial charge in [0.2, 0.25) is 5.91 Å². The van der Waals surface area contributed by atoms with E-state index in [1.165, 1.54) is 0 Å². The summed E-state index contributed by atoms with van der Waals surface area (Å²) >= 11 is 0. The summed E-state index contributed by atoms with van der Waals surface area (Å²) in [5, 5.41) is 5.86. The highest BCUT2D eigenvalue weighted by Crippen LogP contribution is 2.18. The lowest BCUT2D eigenvalue weighted by molar-refractivity contribution is -0.115. The monoisotopic (exact) mass is 372 g/mol. The van der Waals surface area contributed by atoms with E-state index in [0.29, 0.717) is 11.3 Å². The molecule has 0 spiro atoms. The lowest BCUT2D eigenvalue weighted by Crippen LogP contribution is -2.28. The predicted octanol–water partition coefficient (Wildman–Crippen LogP) is 4.67. The lowest BCUT2D eigenvalue weighted by atomic mass is 10.1. The molecular formula is C24H24N2O2. The highest BCUT2D eigenvalue weighted by Gasteiger charge is 2.16. The maximum absolute atomic E-state index is 12.8. The van der Waals surface area contributed by atoms with Gasteiger partial charge in [0.1, 0.15) is 0 Å². The van der Waals surface area contributed by atoms with Crippen LogP contribution < -0.4 is 10.6 Å². The second kappa shape index (κ2) is 9.00. The van der Waals surface area contributed by atoms with E-state index in [2.05, 4.69) is 10.6 Å². The summed E-state index contributed by atoms with van der Waals surface area (Å²) in [6.45, 7) is 3.95. The van der Waals surface area contributed by atoms with Gasteiger partial charge in [-0.05, 0) is 37.1 Å². The van der Waals surface area contributed by atoms with Crippen LogP contribution in [0.3, 0.4) is 0 Å². The Morgan fingerprint density at radius 2 is 1.50 bits per heavy atom. The fourth-order valence-corrected chi connectivity index (χ4v) is 2.98. The van der Waals surface area contributed by atoms with Crippen LogP contribution >= 0.6 is 0 Å². The normalized spacial score (nSPS) is 11.5. The van der Waals surface area contributed by atoms with Gasteiger partial charge in [0, 0.05) is 0 Å². The van der Waals surface area contributed by atoms with Crippen LogP contribution in [0.25, 0.3) is 0 Å². The molecular weight excluding hydrogens is 348 g/mol. The molecule has 3 rings (SSSR count). The third kappa shape index (κ3) is 5.07. The van der Waals surface area contributed by atoms with Gasteiger partial charge in [-0.2, -0.15) is 0 Å². The van der Waals surface area contributed by atoms with E-state index in [0.717, 1.165) is 16.7 Å². The Labute approximate surface area is 165 Å². The number of carbonyl (C=O) groups excluding carboxylic acids is 2. The third-order valence-electron chi connectivity index (χ3n) is 4.58. The average Bonchev–Trinajstić information content (AvgIpc) is 2.70. The van der Waals surface area contributed by atoms with Crippen molar-refractivity contribution in [2.75, 3.05) is 5.32 Å². The minimum atomic E-state index is -0.220. The zero-order valence-electron chi connectivity index (χ0n) is 16.1. The number of rotatable bonds is 6. The van der Waals surface area contributed by atoms with Crippen LogP contribution in [-0.4, -0.2) is 11.8 Å². The molecule has 4 nitrogen and oxygen atoms in total. The molecule has 0 bridgehead atoms. The molecule has 4 heteroatoms. The van der Waals surface area contributed by atoms with E-state index in [1.54, 1.807) is 24.3 Å². The summed E-state index contributed by atoms with van der Waals surface area (Å²) in [5.41, 5.74) is 4.07. The van der Waals surface area contributed by atoms with Crippen molar-refractivity contribution in [3.05, 3.63) is 101 Å². The molecule has 0 saturated carbocycles. The maximum Gasteiger partial charge on any atom is 0.253 e. The van der Waals surface area contributed by atoms with E-state index < -0.39 is 0 Å². The SMILES string of the molecule is Cc1ccc(CC(=O)Nc2ccccc2C(=O)N[C@@H](C)c2ccccc2)cc1. The Bertz CT molecular complexity index is 950. The van der Waals surface area contributed by atoms with Crippen molar-refractivity contribution in [1.29, 1.82) is 0 Å². The van der Waals surface area contributed by atoms with Gasteiger partial charge in [0.15, 0.2) is 0 Å². The molecule has 3 aromatic carbocycles. The fraction of sp³-hybridized carbons (Fsp3) is 0.167. The summed E-state index contributed by atoms with van der Waals surface area (Å²) in [7, 11) is 0. The molecule has 3 aromatic rings. The first-order valence-corrected chi connectivity index (χ1v) is 9.33. The molecule has 0 unspecified atom stereocenters. The Morgan fingerprint density at radius 1 is 0.857 bits per heavy atom. The predicted molar refractivity (Wildman–Crippen MR) is 112 cm³/mol. The van der Waals surface area contributed by atoms with Gasteiger partial charge in [0.25, 0.3) is 5.91 Å². The van der Waals surface area contributed by atoms with E-state index in [-0.39, 0.29) is 24.3 Å². The topological polar surface area (TPSA) is 58.2 Å². The molecule has 28 heavy (non-hydrogen) atoms. The first kappa shape index (κ1) is 19.4. The number of hydrogen-bond donors (Lipinski definition) is 2. The lowest BCUT2D eigenvalue weighted by Gasteiger charge is -2.16. The van der Waals surface area contributed by atoms with Gasteiger partial charge in [-0.15, -0.1) is 0 Å². The van der Waals surface area contributed by atoms with Crippen molar-refractivity contribution >= 4 is 17.5 Å². The highest BCUT2D eigenvalue weighted by molar-refractivity contribution is 6.04. The minimum absolute atomic E-state index is 0.134. The molecule has 1 atom stereocenters. The van der Waals surface area contributed by atoms with Crippen LogP contribution in [0.4, 0.5) is 5.69 Å². The van der Waals surface area contributed by atoms with Crippen molar-refractivity contribution in [3.63, 3.8) is 0 Å². The fourth-order valence-electron chi connectivity index (χ4n) is 2.98. The summed E-state index contributed by atoms with van der Waals surface area (Å²) in [6, 6.07) is 24.5. The van der Waals surface area contributed by atoms with Crippen molar-refractivity contribution in [2.45, 2.75) is 26.3 Å². The summed E-state index contributed by atoms with van der Waals surface area (Å²) in [5.74, 6) is -0.372. The number of nitrogens with one attached hydrogen (secondary N) is 2. The molecule has 0 saturated heterocycles. The summed E-state index contributed by atoms with van der Waals surface area (Å²) in [6.07, 6.45) is 0.261. The molecule has 142 valence electrons. The first-order chi connectivity index (χ1) is 13.5. The minimum Gasteiger partial charge on any atom is -0.345 e. The first-order valence-electron chi connectivity index (χ1n) is 9.33. The largest absolute Gasteiger partial charge is 0.345 e. The number of aryl methyl sites for hydroxylation is 1. The number of amides is 2. The van der Waals surface area contributed by atoms with Crippen LogP contribution in [-0.2, 0) is 11.2 Å². The van der Waals surface area contributed by atoms with E-state index in [9.17, 15) is 9.59 Å². The van der Waals surface area contributed by atoms with Crippen molar-refractivity contribution < 1.29 is 9.59 Å². The van der Waals surface area contributed by atoms with E-state index >= 15 is 0 Å². The molecule has 0 aromatic heterocycles. The molecule has 0 aliphatic rings.